The summed E-state index contributed by atoms with van der Waals surface area (Å²) in [6, 6.07) is 22.7. The Labute approximate surface area is 321 Å². The summed E-state index contributed by atoms with van der Waals surface area (Å²) >= 11 is 1.61. The van der Waals surface area contributed by atoms with Crippen molar-refractivity contribution in [1.82, 2.24) is 4.98 Å². The highest BCUT2D eigenvalue weighted by molar-refractivity contribution is 7.13. The zero-order valence-corrected chi connectivity index (χ0v) is 32.5. The van der Waals surface area contributed by atoms with E-state index in [1.807, 2.05) is 43.2 Å². The monoisotopic (exact) mass is 759 g/mol. The fourth-order valence-electron chi connectivity index (χ4n) is 6.43. The van der Waals surface area contributed by atoms with Gasteiger partial charge in [0.25, 0.3) is 0 Å². The molecule has 2 aliphatic heterocycles. The van der Waals surface area contributed by atoms with Crippen molar-refractivity contribution in [2.75, 3.05) is 30.0 Å². The Hall–Kier alpha value is -4.65. The largest absolute Gasteiger partial charge is 0.458 e. The first kappa shape index (κ1) is 40.5. The van der Waals surface area contributed by atoms with Crippen molar-refractivity contribution in [2.45, 2.75) is 96.7 Å². The van der Waals surface area contributed by atoms with Crippen LogP contribution in [0.1, 0.15) is 94.7 Å². The molecule has 2 unspecified atom stereocenters. The maximum absolute atomic E-state index is 12.6. The molecule has 1 N–H and O–H groups in total. The zero-order valence-electron chi connectivity index (χ0n) is 31.6. The number of rotatable bonds is 14. The van der Waals surface area contributed by atoms with Crippen LogP contribution < -0.4 is 10.2 Å². The number of thiazole rings is 1. The van der Waals surface area contributed by atoms with E-state index in [0.717, 1.165) is 53.3 Å². The molecule has 0 bridgehead atoms. The van der Waals surface area contributed by atoms with Crippen molar-refractivity contribution in [3.63, 3.8) is 0 Å². The highest BCUT2D eigenvalue weighted by Crippen LogP contribution is 2.39. The van der Waals surface area contributed by atoms with Gasteiger partial charge >= 0.3 is 11.9 Å². The molecule has 0 saturated carbocycles. The molecule has 0 spiro atoms. The van der Waals surface area contributed by atoms with E-state index in [4.69, 9.17) is 18.9 Å². The van der Waals surface area contributed by atoms with Gasteiger partial charge < -0.3 is 29.2 Å². The number of benzene rings is 3. The SMILES string of the molecule is CC(=O)OC1(CCc2ccc(C3CC(=O)N3c3ccc(CCCNc4nccs4)cc3)cc2)COC(C)(C)OC1.CCC(OC(C)=O)c1ccc(F)cc1. The number of carbonyl (C=O) groups excluding carboxylic acids is 3. The van der Waals surface area contributed by atoms with Crippen LogP contribution in [0.25, 0.3) is 0 Å². The lowest BCUT2D eigenvalue weighted by Crippen LogP contribution is -2.53. The number of esters is 2. The average Bonchev–Trinajstić information content (AvgIpc) is 3.67. The summed E-state index contributed by atoms with van der Waals surface area (Å²) < 4.78 is 35.0. The topological polar surface area (TPSA) is 116 Å². The molecule has 2 saturated heterocycles. The van der Waals surface area contributed by atoms with Crippen molar-refractivity contribution >= 4 is 40.0 Å². The van der Waals surface area contributed by atoms with Crippen LogP contribution in [0.4, 0.5) is 15.2 Å². The standard InChI is InChI=1S/C31H37N3O5S.C11H13FO2/c1-22(35)39-31(20-37-30(2,3)38-21-31)15-14-24-6-10-25(11-7-24)27-19-28(36)34(27)26-12-8-23(9-13-26)5-4-16-32-29-33-17-18-40-29;1-3-11(14-8(2)13)9-4-6-10(12)7-5-9/h6-13,17-18,27H,4-5,14-16,19-21H2,1-3H3,(H,32,33);4-7,11H,3H2,1-2H3. The lowest BCUT2D eigenvalue weighted by Gasteiger charge is -2.42. The van der Waals surface area contributed by atoms with Crippen LogP contribution in [0.3, 0.4) is 0 Å². The van der Waals surface area contributed by atoms with E-state index in [-0.39, 0.29) is 35.8 Å². The van der Waals surface area contributed by atoms with E-state index in [9.17, 15) is 18.8 Å². The number of aryl methyl sites for hydroxylation is 2. The molecule has 3 heterocycles. The molecular formula is C42H50FN3O7S. The number of carbonyl (C=O) groups is 3. The molecule has 10 nitrogen and oxygen atoms in total. The highest BCUT2D eigenvalue weighted by atomic mass is 32.1. The molecule has 2 atom stereocenters. The number of β-lactam (4-membered cyclic amide) rings is 1. The Balaban J connectivity index is 0.000000338. The predicted octanol–water partition coefficient (Wildman–Crippen LogP) is 8.52. The first-order chi connectivity index (χ1) is 25.8. The van der Waals surface area contributed by atoms with Crippen LogP contribution in [-0.2, 0) is 46.2 Å². The van der Waals surface area contributed by atoms with Crippen LogP contribution in [0.5, 0.6) is 0 Å². The van der Waals surface area contributed by atoms with Crippen molar-refractivity contribution in [3.05, 3.63) is 112 Å². The van der Waals surface area contributed by atoms with Crippen molar-refractivity contribution < 1.29 is 37.7 Å². The molecule has 4 aromatic rings. The summed E-state index contributed by atoms with van der Waals surface area (Å²) in [5.41, 5.74) is 4.46. The number of amides is 1. The van der Waals surface area contributed by atoms with Gasteiger partial charge in [-0.05, 0) is 92.5 Å². The Morgan fingerprint density at radius 3 is 2.19 bits per heavy atom. The molecule has 12 heteroatoms. The third-order valence-corrected chi connectivity index (χ3v) is 10.1. The molecule has 2 fully saturated rings. The van der Waals surface area contributed by atoms with Crippen LogP contribution in [0.15, 0.2) is 84.4 Å². The number of nitrogens with zero attached hydrogens (tertiary/aromatic N) is 2. The Kier molecular flexibility index (Phi) is 14.0. The van der Waals surface area contributed by atoms with E-state index in [2.05, 4.69) is 46.7 Å². The summed E-state index contributed by atoms with van der Waals surface area (Å²) in [5.74, 6) is -1.49. The van der Waals surface area contributed by atoms with E-state index >= 15 is 0 Å². The van der Waals surface area contributed by atoms with Gasteiger partial charge in [-0.15, -0.1) is 11.3 Å². The van der Waals surface area contributed by atoms with Crippen molar-refractivity contribution in [1.29, 1.82) is 0 Å². The second kappa shape index (κ2) is 18.6. The highest BCUT2D eigenvalue weighted by Gasteiger charge is 2.43. The molecular weight excluding hydrogens is 710 g/mol. The maximum atomic E-state index is 12.6. The quantitative estimate of drug-likeness (QED) is 0.0768. The summed E-state index contributed by atoms with van der Waals surface area (Å²) in [6.45, 7) is 9.90. The number of aromatic nitrogens is 1. The molecule has 0 aliphatic carbocycles. The van der Waals surface area contributed by atoms with Gasteiger partial charge in [-0.2, -0.15) is 0 Å². The number of anilines is 2. The molecule has 54 heavy (non-hydrogen) atoms. The third-order valence-electron chi connectivity index (χ3n) is 9.39. The van der Waals surface area contributed by atoms with Gasteiger partial charge in [0.15, 0.2) is 16.5 Å². The van der Waals surface area contributed by atoms with E-state index in [0.29, 0.717) is 32.5 Å². The van der Waals surface area contributed by atoms with Crippen molar-refractivity contribution in [3.8, 4) is 0 Å². The van der Waals surface area contributed by atoms with Gasteiger partial charge in [0, 0.05) is 37.7 Å². The van der Waals surface area contributed by atoms with Gasteiger partial charge in [0.05, 0.1) is 25.7 Å². The van der Waals surface area contributed by atoms with Gasteiger partial charge in [-0.1, -0.05) is 55.5 Å². The maximum Gasteiger partial charge on any atom is 0.303 e. The van der Waals surface area contributed by atoms with E-state index in [1.165, 1.54) is 31.5 Å². The fourth-order valence-corrected chi connectivity index (χ4v) is 6.98. The van der Waals surface area contributed by atoms with Crippen LogP contribution >= 0.6 is 11.3 Å². The van der Waals surface area contributed by atoms with E-state index in [1.54, 1.807) is 29.7 Å². The number of halogens is 1. The third kappa shape index (κ3) is 11.4. The summed E-state index contributed by atoms with van der Waals surface area (Å²) in [6.07, 6.45) is 6.01. The van der Waals surface area contributed by atoms with Gasteiger partial charge in [-0.25, -0.2) is 9.37 Å². The molecule has 1 amide bonds. The molecule has 3 aromatic carbocycles. The molecule has 2 aliphatic rings. The van der Waals surface area contributed by atoms with Gasteiger partial charge in [0.1, 0.15) is 11.9 Å². The predicted molar refractivity (Wildman–Crippen MR) is 207 cm³/mol. The number of ether oxygens (including phenoxy) is 4. The molecule has 288 valence electrons. The van der Waals surface area contributed by atoms with Crippen LogP contribution in [-0.4, -0.2) is 54.0 Å². The smallest absolute Gasteiger partial charge is 0.303 e. The Morgan fingerprint density at radius 1 is 0.963 bits per heavy atom. The van der Waals surface area contributed by atoms with E-state index < -0.39 is 11.4 Å². The summed E-state index contributed by atoms with van der Waals surface area (Å²) in [5, 5.41) is 6.25. The second-order valence-corrected chi connectivity index (χ2v) is 15.0. The minimum absolute atomic E-state index is 0.0321. The first-order valence-electron chi connectivity index (χ1n) is 18.4. The lowest BCUT2D eigenvalue weighted by molar-refractivity contribution is -0.305. The Bertz CT molecular complexity index is 1810. The minimum atomic E-state index is -0.791. The molecule has 1 aromatic heterocycles. The number of hydrogen-bond acceptors (Lipinski definition) is 10. The Morgan fingerprint density at radius 2 is 1.61 bits per heavy atom. The number of hydrogen-bond donors (Lipinski definition) is 1. The lowest BCUT2D eigenvalue weighted by atomic mass is 9.90. The zero-order chi connectivity index (χ0) is 38.7. The van der Waals surface area contributed by atoms with Crippen molar-refractivity contribution in [2.24, 2.45) is 0 Å². The molecule has 0 radical (unpaired) electrons. The number of nitrogens with one attached hydrogen (secondary N) is 1. The fraction of sp³-hybridized carbons (Fsp3) is 0.429. The summed E-state index contributed by atoms with van der Waals surface area (Å²) in [4.78, 5) is 41.2. The van der Waals surface area contributed by atoms with Gasteiger partial charge in [-0.3, -0.25) is 14.4 Å². The van der Waals surface area contributed by atoms with Crippen LogP contribution in [0.2, 0.25) is 0 Å². The van der Waals surface area contributed by atoms with Crippen LogP contribution in [0, 0.1) is 5.82 Å². The first-order valence-corrected chi connectivity index (χ1v) is 19.3. The minimum Gasteiger partial charge on any atom is -0.458 e. The second-order valence-electron chi connectivity index (χ2n) is 14.1. The normalized spacial score (nSPS) is 17.7. The average molecular weight is 760 g/mol. The van der Waals surface area contributed by atoms with Gasteiger partial charge in [0.2, 0.25) is 5.91 Å². The molecule has 6 rings (SSSR count). The summed E-state index contributed by atoms with van der Waals surface area (Å²) in [7, 11) is 0.